The number of aromatic nitrogens is 2. The lowest BCUT2D eigenvalue weighted by Crippen LogP contribution is -2.27. The van der Waals surface area contributed by atoms with Crippen molar-refractivity contribution in [2.75, 3.05) is 13.2 Å². The molecular weight excluding hydrogens is 290 g/mol. The maximum absolute atomic E-state index is 12.3. The molecule has 6 heteroatoms. The van der Waals surface area contributed by atoms with Gasteiger partial charge in [0.25, 0.3) is 5.91 Å². The van der Waals surface area contributed by atoms with Crippen molar-refractivity contribution in [3.8, 4) is 0 Å². The van der Waals surface area contributed by atoms with Gasteiger partial charge >= 0.3 is 0 Å². The third-order valence-corrected chi connectivity index (χ3v) is 3.25. The number of carbonyl (C=O) groups is 1. The molecule has 0 saturated carbocycles. The zero-order valence-electron chi connectivity index (χ0n) is 12.5. The fraction of sp³-hybridized carbons (Fsp3) is 0.467. The van der Waals surface area contributed by atoms with Gasteiger partial charge in [-0.15, -0.1) is 0 Å². The molecule has 0 radical (unpaired) electrons. The van der Waals surface area contributed by atoms with E-state index in [9.17, 15) is 4.79 Å². The summed E-state index contributed by atoms with van der Waals surface area (Å²) in [4.78, 5) is 16.7. The van der Waals surface area contributed by atoms with E-state index < -0.39 is 0 Å². The van der Waals surface area contributed by atoms with E-state index >= 15 is 0 Å². The Hall–Kier alpha value is -1.59. The molecule has 1 N–H and O–H groups in total. The van der Waals surface area contributed by atoms with Crippen molar-refractivity contribution in [1.29, 1.82) is 0 Å². The number of fused-ring (bicyclic) bond motifs is 1. The van der Waals surface area contributed by atoms with Crippen molar-refractivity contribution in [3.05, 3.63) is 34.7 Å². The Balaban J connectivity index is 2.02. The molecule has 21 heavy (non-hydrogen) atoms. The molecule has 0 aliphatic carbocycles. The number of imidazole rings is 1. The summed E-state index contributed by atoms with van der Waals surface area (Å²) in [5.41, 5.74) is 1.93. The van der Waals surface area contributed by atoms with Gasteiger partial charge in [0.2, 0.25) is 0 Å². The average molecular weight is 310 g/mol. The highest BCUT2D eigenvalue weighted by Gasteiger charge is 2.16. The van der Waals surface area contributed by atoms with Crippen molar-refractivity contribution in [2.24, 2.45) is 0 Å². The van der Waals surface area contributed by atoms with Crippen LogP contribution in [-0.4, -0.2) is 34.5 Å². The summed E-state index contributed by atoms with van der Waals surface area (Å²) < 4.78 is 7.16. The number of halogens is 1. The monoisotopic (exact) mass is 309 g/mol. The van der Waals surface area contributed by atoms with Gasteiger partial charge in [0.1, 0.15) is 11.3 Å². The molecule has 5 nitrogen and oxygen atoms in total. The Morgan fingerprint density at radius 2 is 2.24 bits per heavy atom. The molecular formula is C15H20ClN3O2. The molecule has 1 amide bonds. The summed E-state index contributed by atoms with van der Waals surface area (Å²) in [5, 5.41) is 3.46. The number of ether oxygens (including phenoxy) is 1. The molecule has 0 aliphatic rings. The highest BCUT2D eigenvalue weighted by molar-refractivity contribution is 6.30. The second-order valence-corrected chi connectivity index (χ2v) is 5.59. The molecule has 2 aromatic heterocycles. The molecule has 2 rings (SSSR count). The number of hydrogen-bond acceptors (Lipinski definition) is 3. The van der Waals surface area contributed by atoms with Crippen LogP contribution in [0.1, 0.15) is 36.5 Å². The fourth-order valence-corrected chi connectivity index (χ4v) is 2.25. The Labute approximate surface area is 129 Å². The van der Waals surface area contributed by atoms with Crippen molar-refractivity contribution < 1.29 is 9.53 Å². The summed E-state index contributed by atoms with van der Waals surface area (Å²) in [6.07, 6.45) is 2.69. The number of rotatable bonds is 6. The smallest absolute Gasteiger partial charge is 0.270 e. The predicted octanol–water partition coefficient (Wildman–Crippen LogP) is 2.84. The SMILES string of the molecule is Cc1nc2ccc(Cl)cn2c1C(=O)NCCCOC(C)C. The quantitative estimate of drug-likeness (QED) is 0.835. The number of aryl methyl sites for hydroxylation is 1. The maximum atomic E-state index is 12.3. The standard InChI is InChI=1S/C15H20ClN3O2/c1-10(2)21-8-4-7-17-15(20)14-11(3)18-13-6-5-12(16)9-19(13)14/h5-6,9-10H,4,7-8H2,1-3H3,(H,17,20). The first-order valence-corrected chi connectivity index (χ1v) is 7.41. The number of carbonyl (C=O) groups excluding carboxylic acids is 1. The van der Waals surface area contributed by atoms with Crippen LogP contribution in [-0.2, 0) is 4.74 Å². The second kappa shape index (κ2) is 6.91. The summed E-state index contributed by atoms with van der Waals surface area (Å²) in [6.45, 7) is 7.00. The van der Waals surface area contributed by atoms with Gasteiger partial charge in [-0.3, -0.25) is 9.20 Å². The van der Waals surface area contributed by atoms with Gasteiger partial charge in [-0.05, 0) is 39.3 Å². The zero-order valence-corrected chi connectivity index (χ0v) is 13.3. The van der Waals surface area contributed by atoms with Crippen LogP contribution in [0.4, 0.5) is 0 Å². The minimum Gasteiger partial charge on any atom is -0.379 e. The molecule has 114 valence electrons. The van der Waals surface area contributed by atoms with Gasteiger partial charge in [0.05, 0.1) is 16.8 Å². The summed E-state index contributed by atoms with van der Waals surface area (Å²) in [5.74, 6) is -0.146. The van der Waals surface area contributed by atoms with E-state index in [2.05, 4.69) is 10.3 Å². The lowest BCUT2D eigenvalue weighted by atomic mass is 10.3. The van der Waals surface area contributed by atoms with Crippen LogP contribution in [0.5, 0.6) is 0 Å². The molecule has 2 aromatic rings. The van der Waals surface area contributed by atoms with E-state index in [0.29, 0.717) is 35.2 Å². The Morgan fingerprint density at radius 1 is 1.48 bits per heavy atom. The maximum Gasteiger partial charge on any atom is 0.270 e. The Kier molecular flexibility index (Phi) is 5.20. The van der Waals surface area contributed by atoms with Gasteiger partial charge in [-0.1, -0.05) is 11.6 Å². The molecule has 0 unspecified atom stereocenters. The molecule has 0 atom stereocenters. The topological polar surface area (TPSA) is 55.6 Å². The minimum absolute atomic E-state index is 0.146. The lowest BCUT2D eigenvalue weighted by molar-refractivity contribution is 0.0756. The molecule has 2 heterocycles. The summed E-state index contributed by atoms with van der Waals surface area (Å²) in [7, 11) is 0. The van der Waals surface area contributed by atoms with Crippen LogP contribution in [0.15, 0.2) is 18.3 Å². The third kappa shape index (κ3) is 3.95. The first-order chi connectivity index (χ1) is 9.99. The Bertz CT molecular complexity index is 637. The van der Waals surface area contributed by atoms with E-state index in [1.54, 1.807) is 22.7 Å². The number of amides is 1. The van der Waals surface area contributed by atoms with E-state index in [4.69, 9.17) is 16.3 Å². The van der Waals surface area contributed by atoms with Crippen molar-refractivity contribution in [1.82, 2.24) is 14.7 Å². The van der Waals surface area contributed by atoms with Crippen molar-refractivity contribution in [2.45, 2.75) is 33.3 Å². The molecule has 0 aromatic carbocycles. The number of nitrogens with one attached hydrogen (secondary N) is 1. The van der Waals surface area contributed by atoms with Crippen LogP contribution >= 0.6 is 11.6 Å². The second-order valence-electron chi connectivity index (χ2n) is 5.15. The van der Waals surface area contributed by atoms with Crippen LogP contribution in [0.2, 0.25) is 5.02 Å². The van der Waals surface area contributed by atoms with E-state index in [0.717, 1.165) is 6.42 Å². The van der Waals surface area contributed by atoms with E-state index in [-0.39, 0.29) is 12.0 Å². The molecule has 0 saturated heterocycles. The van der Waals surface area contributed by atoms with E-state index in [1.165, 1.54) is 0 Å². The van der Waals surface area contributed by atoms with Crippen LogP contribution in [0.3, 0.4) is 0 Å². The first-order valence-electron chi connectivity index (χ1n) is 7.03. The highest BCUT2D eigenvalue weighted by atomic mass is 35.5. The lowest BCUT2D eigenvalue weighted by Gasteiger charge is -2.08. The van der Waals surface area contributed by atoms with Gasteiger partial charge in [-0.2, -0.15) is 0 Å². The highest BCUT2D eigenvalue weighted by Crippen LogP contribution is 2.16. The van der Waals surface area contributed by atoms with Gasteiger partial charge in [0, 0.05) is 19.3 Å². The van der Waals surface area contributed by atoms with Crippen LogP contribution in [0.25, 0.3) is 5.65 Å². The third-order valence-electron chi connectivity index (χ3n) is 3.03. The molecule has 0 bridgehead atoms. The average Bonchev–Trinajstić information content (AvgIpc) is 2.73. The summed E-state index contributed by atoms with van der Waals surface area (Å²) >= 11 is 5.98. The summed E-state index contributed by atoms with van der Waals surface area (Å²) in [6, 6.07) is 3.55. The number of pyridine rings is 1. The van der Waals surface area contributed by atoms with Gasteiger partial charge in [0.15, 0.2) is 0 Å². The predicted molar refractivity (Wildman–Crippen MR) is 83.0 cm³/mol. The van der Waals surface area contributed by atoms with Crippen LogP contribution < -0.4 is 5.32 Å². The number of nitrogens with zero attached hydrogens (tertiary/aromatic N) is 2. The molecule has 0 spiro atoms. The fourth-order valence-electron chi connectivity index (χ4n) is 2.09. The van der Waals surface area contributed by atoms with E-state index in [1.807, 2.05) is 20.8 Å². The zero-order chi connectivity index (χ0) is 15.4. The van der Waals surface area contributed by atoms with Crippen molar-refractivity contribution in [3.63, 3.8) is 0 Å². The normalized spacial score (nSPS) is 11.3. The molecule has 0 aliphatic heterocycles. The Morgan fingerprint density at radius 3 is 2.95 bits per heavy atom. The largest absolute Gasteiger partial charge is 0.379 e. The van der Waals surface area contributed by atoms with Gasteiger partial charge in [-0.25, -0.2) is 4.98 Å². The van der Waals surface area contributed by atoms with Crippen molar-refractivity contribution >= 4 is 23.2 Å². The number of hydrogen-bond donors (Lipinski definition) is 1. The minimum atomic E-state index is -0.146. The first kappa shape index (κ1) is 15.8. The van der Waals surface area contributed by atoms with Gasteiger partial charge < -0.3 is 10.1 Å². The van der Waals surface area contributed by atoms with Crippen LogP contribution in [0, 0.1) is 6.92 Å². The molecule has 0 fully saturated rings.